The number of hydrogen-bond donors (Lipinski definition) is 1. The molecule has 1 atom stereocenters. The van der Waals surface area contributed by atoms with Crippen LogP contribution in [0.2, 0.25) is 0 Å². The van der Waals surface area contributed by atoms with Crippen LogP contribution < -0.4 is 4.74 Å². The normalized spacial score (nSPS) is 18.1. The van der Waals surface area contributed by atoms with Crippen molar-refractivity contribution in [2.24, 2.45) is 0 Å². The van der Waals surface area contributed by atoms with Crippen LogP contribution in [0.1, 0.15) is 41.3 Å². The molecule has 9 heteroatoms. The van der Waals surface area contributed by atoms with Gasteiger partial charge in [0.25, 0.3) is 0 Å². The second kappa shape index (κ2) is 8.49. The van der Waals surface area contributed by atoms with Crippen molar-refractivity contribution in [3.05, 3.63) is 89.3 Å². The summed E-state index contributed by atoms with van der Waals surface area (Å²) in [7, 11) is 1.55. The lowest BCUT2D eigenvalue weighted by molar-refractivity contribution is 0.0394. The number of aliphatic hydroxyl groups is 1. The van der Waals surface area contributed by atoms with Gasteiger partial charge in [-0.05, 0) is 61.2 Å². The number of fused-ring (bicyclic) bond motifs is 1. The molecule has 1 aliphatic heterocycles. The van der Waals surface area contributed by atoms with Gasteiger partial charge in [-0.3, -0.25) is 0 Å². The molecule has 174 valence electrons. The van der Waals surface area contributed by atoms with Crippen molar-refractivity contribution < 1.29 is 18.6 Å². The molecule has 1 aliphatic rings. The number of ether oxygens (including phenoxy) is 1. The number of halogens is 2. The Morgan fingerprint density at radius 3 is 2.71 bits per heavy atom. The molecule has 0 saturated heterocycles. The first-order valence-corrected chi connectivity index (χ1v) is 10.9. The number of hydrogen-bond acceptors (Lipinski definition) is 5. The van der Waals surface area contributed by atoms with Gasteiger partial charge in [0, 0.05) is 12.7 Å². The molecular formula is C25H23F2N5O2. The fraction of sp³-hybridized carbons (Fsp3) is 0.240. The van der Waals surface area contributed by atoms with E-state index in [-0.39, 0.29) is 11.6 Å². The van der Waals surface area contributed by atoms with E-state index in [0.29, 0.717) is 36.3 Å². The number of nitrogens with zero attached hydrogens (tertiary/aromatic N) is 5. The monoisotopic (exact) mass is 463 g/mol. The smallest absolute Gasteiger partial charge is 0.210 e. The minimum absolute atomic E-state index is 0.120. The lowest BCUT2D eigenvalue weighted by atomic mass is 9.86. The first-order valence-electron chi connectivity index (χ1n) is 10.9. The summed E-state index contributed by atoms with van der Waals surface area (Å²) >= 11 is 0. The molecule has 0 saturated carbocycles. The van der Waals surface area contributed by atoms with E-state index in [0.717, 1.165) is 11.4 Å². The fourth-order valence-corrected chi connectivity index (χ4v) is 4.26. The van der Waals surface area contributed by atoms with Crippen LogP contribution in [0.25, 0.3) is 17.6 Å². The highest BCUT2D eigenvalue weighted by molar-refractivity contribution is 5.75. The molecule has 0 amide bonds. The number of methoxy groups -OCH3 is 1. The van der Waals surface area contributed by atoms with Gasteiger partial charge in [-0.1, -0.05) is 18.2 Å². The largest absolute Gasteiger partial charge is 0.495 e. The Bertz CT molecular complexity index is 1380. The molecule has 0 bridgehead atoms. The van der Waals surface area contributed by atoms with Crippen molar-refractivity contribution >= 4 is 11.9 Å². The summed E-state index contributed by atoms with van der Waals surface area (Å²) in [6, 6.07) is 10.9. The summed E-state index contributed by atoms with van der Waals surface area (Å²) in [5, 5.41) is 15.6. The Balaban J connectivity index is 1.48. The van der Waals surface area contributed by atoms with Gasteiger partial charge in [0.05, 0.1) is 24.8 Å². The Hall–Kier alpha value is -3.85. The SMILES string of the molecule is COc1cc(C=C(F)c2nc3n(n2)CCCC3(O)c2ccc(F)cc2)ccc1-n1cnc(C)c1. The highest BCUT2D eigenvalue weighted by Gasteiger charge is 2.40. The van der Waals surface area contributed by atoms with E-state index in [9.17, 15) is 9.50 Å². The summed E-state index contributed by atoms with van der Waals surface area (Å²) < 4.78 is 37.4. The first kappa shape index (κ1) is 22.0. The molecule has 0 radical (unpaired) electrons. The van der Waals surface area contributed by atoms with Crippen LogP contribution in [0.4, 0.5) is 8.78 Å². The highest BCUT2D eigenvalue weighted by Crippen LogP contribution is 2.37. The third kappa shape index (κ3) is 3.88. The average Bonchev–Trinajstić information content (AvgIpc) is 3.47. The Kier molecular flexibility index (Phi) is 5.49. The van der Waals surface area contributed by atoms with Crippen LogP contribution in [-0.2, 0) is 12.1 Å². The quantitative estimate of drug-likeness (QED) is 0.474. The van der Waals surface area contributed by atoms with Gasteiger partial charge in [0.2, 0.25) is 5.82 Å². The van der Waals surface area contributed by atoms with Gasteiger partial charge in [0.1, 0.15) is 17.2 Å². The molecule has 3 heterocycles. The van der Waals surface area contributed by atoms with E-state index >= 15 is 4.39 Å². The van der Waals surface area contributed by atoms with Gasteiger partial charge in [-0.25, -0.2) is 23.4 Å². The molecule has 4 aromatic rings. The second-order valence-corrected chi connectivity index (χ2v) is 8.30. The molecule has 0 aliphatic carbocycles. The van der Waals surface area contributed by atoms with E-state index in [1.165, 1.54) is 35.0 Å². The Labute approximate surface area is 195 Å². The number of aromatic nitrogens is 5. The van der Waals surface area contributed by atoms with E-state index < -0.39 is 17.2 Å². The standard InChI is InChI=1S/C25H23F2N5O2/c1-16-14-31(15-28-16)21-9-4-17(13-22(21)34-2)12-20(27)23-29-24-25(33,10-3-11-32(24)30-23)18-5-7-19(26)8-6-18/h4-9,12-15,33H,3,10-11H2,1-2H3. The topological polar surface area (TPSA) is 78.0 Å². The zero-order chi connectivity index (χ0) is 23.9. The van der Waals surface area contributed by atoms with Gasteiger partial charge in [-0.2, -0.15) is 0 Å². The van der Waals surface area contributed by atoms with Crippen molar-refractivity contribution in [1.82, 2.24) is 24.3 Å². The van der Waals surface area contributed by atoms with E-state index in [4.69, 9.17) is 4.74 Å². The van der Waals surface area contributed by atoms with Crippen LogP contribution in [0, 0.1) is 12.7 Å². The maximum Gasteiger partial charge on any atom is 0.210 e. The summed E-state index contributed by atoms with van der Waals surface area (Å²) in [5.41, 5.74) is 1.24. The number of aryl methyl sites for hydroxylation is 2. The molecular weight excluding hydrogens is 440 g/mol. The number of imidazole rings is 1. The van der Waals surface area contributed by atoms with E-state index in [1.54, 1.807) is 25.6 Å². The van der Waals surface area contributed by atoms with Crippen molar-refractivity contribution in [3.63, 3.8) is 0 Å². The molecule has 2 aromatic carbocycles. The predicted molar refractivity (Wildman–Crippen MR) is 122 cm³/mol. The molecule has 1 N–H and O–H groups in total. The second-order valence-electron chi connectivity index (χ2n) is 8.30. The first-order chi connectivity index (χ1) is 16.4. The van der Waals surface area contributed by atoms with E-state index in [2.05, 4.69) is 15.1 Å². The zero-order valence-electron chi connectivity index (χ0n) is 18.7. The minimum Gasteiger partial charge on any atom is -0.495 e. The third-order valence-corrected chi connectivity index (χ3v) is 5.97. The third-order valence-electron chi connectivity index (χ3n) is 5.97. The van der Waals surface area contributed by atoms with Crippen LogP contribution in [0.5, 0.6) is 5.75 Å². The van der Waals surface area contributed by atoms with Crippen molar-refractivity contribution in [2.75, 3.05) is 7.11 Å². The van der Waals surface area contributed by atoms with Crippen molar-refractivity contribution in [2.45, 2.75) is 31.9 Å². The lowest BCUT2D eigenvalue weighted by Gasteiger charge is -2.31. The van der Waals surface area contributed by atoms with Crippen LogP contribution in [-0.4, -0.2) is 36.5 Å². The highest BCUT2D eigenvalue weighted by atomic mass is 19.1. The van der Waals surface area contributed by atoms with Gasteiger partial charge >= 0.3 is 0 Å². The van der Waals surface area contributed by atoms with Crippen LogP contribution in [0.15, 0.2) is 55.0 Å². The molecule has 34 heavy (non-hydrogen) atoms. The number of benzene rings is 2. The fourth-order valence-electron chi connectivity index (χ4n) is 4.26. The maximum absolute atomic E-state index is 15.2. The van der Waals surface area contributed by atoms with Gasteiger partial charge < -0.3 is 14.4 Å². The lowest BCUT2D eigenvalue weighted by Crippen LogP contribution is -2.35. The maximum atomic E-state index is 15.2. The van der Waals surface area contributed by atoms with Gasteiger partial charge in [-0.15, -0.1) is 5.10 Å². The summed E-state index contributed by atoms with van der Waals surface area (Å²) in [6.07, 6.45) is 5.89. The molecule has 0 spiro atoms. The predicted octanol–water partition coefficient (Wildman–Crippen LogP) is 4.42. The van der Waals surface area contributed by atoms with Crippen molar-refractivity contribution in [3.8, 4) is 11.4 Å². The molecule has 0 fully saturated rings. The summed E-state index contributed by atoms with van der Waals surface area (Å²) in [6.45, 7) is 2.40. The Morgan fingerprint density at radius 1 is 1.21 bits per heavy atom. The zero-order valence-corrected chi connectivity index (χ0v) is 18.7. The van der Waals surface area contributed by atoms with Crippen LogP contribution >= 0.6 is 0 Å². The summed E-state index contributed by atoms with van der Waals surface area (Å²) in [5.74, 6) is -0.361. The molecule has 5 rings (SSSR count). The number of rotatable bonds is 5. The van der Waals surface area contributed by atoms with Gasteiger partial charge in [0.15, 0.2) is 11.7 Å². The summed E-state index contributed by atoms with van der Waals surface area (Å²) in [4.78, 5) is 8.56. The van der Waals surface area contributed by atoms with Crippen molar-refractivity contribution in [1.29, 1.82) is 0 Å². The van der Waals surface area contributed by atoms with Crippen LogP contribution in [0.3, 0.4) is 0 Å². The average molecular weight is 463 g/mol. The molecule has 1 unspecified atom stereocenters. The Morgan fingerprint density at radius 2 is 2.00 bits per heavy atom. The minimum atomic E-state index is -1.47. The molecule has 7 nitrogen and oxygen atoms in total. The molecule has 2 aromatic heterocycles. The van der Waals surface area contributed by atoms with E-state index in [1.807, 2.05) is 23.8 Å².